The zero-order valence-electron chi connectivity index (χ0n) is 14.0. The van der Waals surface area contributed by atoms with Crippen molar-refractivity contribution in [1.82, 2.24) is 14.7 Å². The second-order valence-corrected chi connectivity index (χ2v) is 6.24. The Morgan fingerprint density at radius 3 is 2.92 bits per heavy atom. The molecule has 1 saturated heterocycles. The van der Waals surface area contributed by atoms with E-state index in [9.17, 15) is 10.1 Å². The minimum absolute atomic E-state index is 0.0325. The molecular weight excluding hydrogens is 308 g/mol. The van der Waals surface area contributed by atoms with Crippen LogP contribution in [0.15, 0.2) is 30.6 Å². The summed E-state index contributed by atoms with van der Waals surface area (Å²) in [5, 5.41) is 14.7. The number of morpholine rings is 1. The molecule has 1 aliphatic rings. The monoisotopic (exact) mass is 330 g/mol. The van der Waals surface area contributed by atoms with Gasteiger partial charge < -0.3 is 4.74 Å². The summed E-state index contributed by atoms with van der Waals surface area (Å²) in [7, 11) is 0. The van der Waals surface area contributed by atoms with Crippen molar-refractivity contribution in [2.75, 3.05) is 26.2 Å². The third-order valence-electron chi connectivity index (χ3n) is 4.40. The van der Waals surface area contributed by atoms with Crippen LogP contribution in [0.25, 0.3) is 0 Å². The van der Waals surface area contributed by atoms with Gasteiger partial charge in [-0.25, -0.2) is 0 Å². The van der Waals surface area contributed by atoms with E-state index in [1.54, 1.807) is 4.68 Å². The van der Waals surface area contributed by atoms with Crippen LogP contribution in [-0.4, -0.2) is 45.8 Å². The van der Waals surface area contributed by atoms with Crippen LogP contribution in [0.3, 0.4) is 0 Å². The van der Waals surface area contributed by atoms with Crippen LogP contribution < -0.4 is 0 Å². The summed E-state index contributed by atoms with van der Waals surface area (Å²) in [6.45, 7) is 8.02. The van der Waals surface area contributed by atoms with E-state index in [2.05, 4.69) is 42.0 Å². The van der Waals surface area contributed by atoms with Crippen molar-refractivity contribution in [3.05, 3.63) is 57.4 Å². The van der Waals surface area contributed by atoms with Gasteiger partial charge in [-0.05, 0) is 25.0 Å². The lowest BCUT2D eigenvalue weighted by Gasteiger charge is -2.33. The van der Waals surface area contributed by atoms with E-state index in [0.29, 0.717) is 13.2 Å². The Kier molecular flexibility index (Phi) is 4.92. The lowest BCUT2D eigenvalue weighted by Crippen LogP contribution is -2.40. The van der Waals surface area contributed by atoms with E-state index in [1.165, 1.54) is 29.1 Å². The molecule has 0 aliphatic carbocycles. The van der Waals surface area contributed by atoms with Gasteiger partial charge in [0.25, 0.3) is 0 Å². The molecule has 2 aromatic rings. The molecule has 1 atom stereocenters. The number of nitro groups is 1. The molecule has 1 unspecified atom stereocenters. The molecule has 3 rings (SSSR count). The standard InChI is InChI=1S/C17H22N4O3/c1-13-3-4-16(14(2)9-13)17-12-19(7-8-24-17)5-6-20-11-15(10-18-20)21(22)23/h3-4,9-11,17H,5-8,12H2,1-2H3. The Hall–Kier alpha value is -2.25. The molecule has 1 aromatic heterocycles. The predicted octanol–water partition coefficient (Wildman–Crippen LogP) is 2.48. The highest BCUT2D eigenvalue weighted by atomic mass is 16.6. The van der Waals surface area contributed by atoms with Gasteiger partial charge in [0.05, 0.1) is 24.2 Å². The maximum Gasteiger partial charge on any atom is 0.306 e. The van der Waals surface area contributed by atoms with E-state index >= 15 is 0 Å². The highest BCUT2D eigenvalue weighted by molar-refractivity contribution is 5.32. The van der Waals surface area contributed by atoms with Gasteiger partial charge in [0, 0.05) is 19.6 Å². The van der Waals surface area contributed by atoms with Crippen LogP contribution in [0.4, 0.5) is 5.69 Å². The van der Waals surface area contributed by atoms with Gasteiger partial charge in [-0.1, -0.05) is 23.8 Å². The molecule has 24 heavy (non-hydrogen) atoms. The summed E-state index contributed by atoms with van der Waals surface area (Å²) in [6, 6.07) is 6.45. The molecule has 2 heterocycles. The Bertz CT molecular complexity index is 728. The van der Waals surface area contributed by atoms with E-state index in [1.807, 2.05) is 0 Å². The van der Waals surface area contributed by atoms with Crippen molar-refractivity contribution < 1.29 is 9.66 Å². The van der Waals surface area contributed by atoms with E-state index in [-0.39, 0.29) is 11.8 Å². The van der Waals surface area contributed by atoms with Gasteiger partial charge in [0.1, 0.15) is 12.4 Å². The zero-order valence-corrected chi connectivity index (χ0v) is 14.0. The normalized spacial score (nSPS) is 18.7. The number of rotatable bonds is 5. The number of nitrogens with zero attached hydrogens (tertiary/aromatic N) is 4. The van der Waals surface area contributed by atoms with Crippen molar-refractivity contribution in [1.29, 1.82) is 0 Å². The first-order chi connectivity index (χ1) is 11.5. The molecule has 1 fully saturated rings. The number of aromatic nitrogens is 2. The average Bonchev–Trinajstić information content (AvgIpc) is 3.02. The van der Waals surface area contributed by atoms with Crippen molar-refractivity contribution >= 4 is 5.69 Å². The quantitative estimate of drug-likeness (QED) is 0.622. The lowest BCUT2D eigenvalue weighted by atomic mass is 10.00. The number of benzene rings is 1. The van der Waals surface area contributed by atoms with Crippen LogP contribution in [0, 0.1) is 24.0 Å². The minimum atomic E-state index is -0.422. The van der Waals surface area contributed by atoms with Crippen molar-refractivity contribution in [2.45, 2.75) is 26.5 Å². The summed E-state index contributed by atoms with van der Waals surface area (Å²) in [4.78, 5) is 12.6. The van der Waals surface area contributed by atoms with E-state index < -0.39 is 4.92 Å². The Labute approximate surface area is 141 Å². The van der Waals surface area contributed by atoms with Gasteiger partial charge in [-0.15, -0.1) is 0 Å². The number of hydrogen-bond acceptors (Lipinski definition) is 5. The Balaban J connectivity index is 1.60. The highest BCUT2D eigenvalue weighted by Crippen LogP contribution is 2.25. The fraction of sp³-hybridized carbons (Fsp3) is 0.471. The van der Waals surface area contributed by atoms with Crippen LogP contribution in [0.2, 0.25) is 0 Å². The van der Waals surface area contributed by atoms with Crippen molar-refractivity contribution in [3.63, 3.8) is 0 Å². The third-order valence-corrected chi connectivity index (χ3v) is 4.40. The van der Waals surface area contributed by atoms with Crippen molar-refractivity contribution in [2.24, 2.45) is 0 Å². The minimum Gasteiger partial charge on any atom is -0.371 e. The number of hydrogen-bond donors (Lipinski definition) is 0. The molecule has 0 radical (unpaired) electrons. The van der Waals surface area contributed by atoms with E-state index in [0.717, 1.165) is 19.6 Å². The third kappa shape index (κ3) is 3.80. The molecule has 7 nitrogen and oxygen atoms in total. The molecule has 1 aliphatic heterocycles. The smallest absolute Gasteiger partial charge is 0.306 e. The fourth-order valence-corrected chi connectivity index (χ4v) is 3.09. The molecule has 7 heteroatoms. The lowest BCUT2D eigenvalue weighted by molar-refractivity contribution is -0.385. The topological polar surface area (TPSA) is 73.4 Å². The van der Waals surface area contributed by atoms with Crippen LogP contribution in [-0.2, 0) is 11.3 Å². The fourth-order valence-electron chi connectivity index (χ4n) is 3.09. The average molecular weight is 330 g/mol. The second kappa shape index (κ2) is 7.11. The van der Waals surface area contributed by atoms with Gasteiger partial charge >= 0.3 is 5.69 Å². The van der Waals surface area contributed by atoms with Crippen LogP contribution >= 0.6 is 0 Å². The molecule has 0 bridgehead atoms. The summed E-state index contributed by atoms with van der Waals surface area (Å²) in [5.41, 5.74) is 3.78. The predicted molar refractivity (Wildman–Crippen MR) is 89.9 cm³/mol. The number of ether oxygens (including phenoxy) is 1. The van der Waals surface area contributed by atoms with Gasteiger partial charge in [-0.3, -0.25) is 19.7 Å². The maximum atomic E-state index is 10.7. The first-order valence-corrected chi connectivity index (χ1v) is 8.11. The SMILES string of the molecule is Cc1ccc(C2CN(CCn3cc([N+](=O)[O-])cn3)CCO2)c(C)c1. The van der Waals surface area contributed by atoms with Gasteiger partial charge in [-0.2, -0.15) is 5.10 Å². The van der Waals surface area contributed by atoms with Crippen molar-refractivity contribution in [3.8, 4) is 0 Å². The summed E-state index contributed by atoms with van der Waals surface area (Å²) < 4.78 is 7.57. The highest BCUT2D eigenvalue weighted by Gasteiger charge is 2.23. The number of aryl methyl sites for hydroxylation is 2. The molecule has 128 valence electrons. The van der Waals surface area contributed by atoms with E-state index in [4.69, 9.17) is 4.74 Å². The molecule has 1 aromatic carbocycles. The Morgan fingerprint density at radius 2 is 2.21 bits per heavy atom. The maximum absolute atomic E-state index is 10.7. The van der Waals surface area contributed by atoms with Gasteiger partial charge in [0.2, 0.25) is 0 Å². The second-order valence-electron chi connectivity index (χ2n) is 6.24. The molecule has 0 amide bonds. The van der Waals surface area contributed by atoms with Crippen LogP contribution in [0.1, 0.15) is 22.8 Å². The van der Waals surface area contributed by atoms with Gasteiger partial charge in [0.15, 0.2) is 0 Å². The summed E-state index contributed by atoms with van der Waals surface area (Å²) in [5.74, 6) is 0. The Morgan fingerprint density at radius 1 is 1.38 bits per heavy atom. The summed E-state index contributed by atoms with van der Waals surface area (Å²) in [6.07, 6.45) is 2.84. The molecule has 0 spiro atoms. The summed E-state index contributed by atoms with van der Waals surface area (Å²) >= 11 is 0. The first-order valence-electron chi connectivity index (χ1n) is 8.11. The molecular formula is C17H22N4O3. The molecule has 0 saturated carbocycles. The molecule has 0 N–H and O–H groups in total. The first kappa shape index (κ1) is 16.6. The van der Waals surface area contributed by atoms with Crippen LogP contribution in [0.5, 0.6) is 0 Å². The largest absolute Gasteiger partial charge is 0.371 e. The zero-order chi connectivity index (χ0) is 17.1.